The summed E-state index contributed by atoms with van der Waals surface area (Å²) in [6.07, 6.45) is 0.660. The molecule has 2 heterocycles. The van der Waals surface area contributed by atoms with Gasteiger partial charge in [-0.25, -0.2) is 9.37 Å². The fraction of sp³-hybridized carbons (Fsp3) is 0.364. The zero-order valence-electron chi connectivity index (χ0n) is 17.3. The van der Waals surface area contributed by atoms with Crippen LogP contribution in [-0.4, -0.2) is 23.3 Å². The normalized spacial score (nSPS) is 15.9. The summed E-state index contributed by atoms with van der Waals surface area (Å²) in [5.41, 5.74) is 4.56. The summed E-state index contributed by atoms with van der Waals surface area (Å²) in [6, 6.07) is 5.32. The molecule has 0 saturated carbocycles. The van der Waals surface area contributed by atoms with Crippen LogP contribution in [0.3, 0.4) is 0 Å². The summed E-state index contributed by atoms with van der Waals surface area (Å²) in [7, 11) is 0. The average molecular weight is 420 g/mol. The van der Waals surface area contributed by atoms with Gasteiger partial charge < -0.3 is 4.90 Å². The quantitative estimate of drug-likeness (QED) is 0.361. The zero-order chi connectivity index (χ0) is 22.1. The highest BCUT2D eigenvalue weighted by molar-refractivity contribution is 5.88. The molecule has 0 aliphatic carbocycles. The van der Waals surface area contributed by atoms with Crippen LogP contribution < -0.4 is 10.3 Å². The maximum Gasteiger partial charge on any atom is 0.417 e. The molecule has 0 spiro atoms. The first-order chi connectivity index (χ1) is 14.0. The zero-order valence-corrected chi connectivity index (χ0v) is 17.3. The number of nitrogens with one attached hydrogen (secondary N) is 1. The van der Waals surface area contributed by atoms with Gasteiger partial charge in [-0.3, -0.25) is 5.43 Å². The molecule has 2 aromatic rings. The van der Waals surface area contributed by atoms with Gasteiger partial charge >= 0.3 is 6.18 Å². The number of halogens is 4. The average Bonchev–Trinajstić information content (AvgIpc) is 2.65. The molecule has 0 saturated heterocycles. The van der Waals surface area contributed by atoms with Crippen LogP contribution in [0.2, 0.25) is 0 Å². The number of hydrazone groups is 1. The van der Waals surface area contributed by atoms with Crippen molar-refractivity contribution < 1.29 is 17.6 Å². The molecular formula is C22H24F4N4. The standard InChI is InChI=1S/C22H24F4N4/c1-5-8-30-19-10-18(23)15(9-17(19)14(2)11-21(30,3)4)12-28-29-20-7-6-16(13-27-20)22(24,25)26/h6-7,9-13H,5,8H2,1-4H3,(H,27,29)/b28-12+. The third kappa shape index (κ3) is 4.47. The molecule has 0 radical (unpaired) electrons. The first kappa shape index (κ1) is 21.8. The van der Waals surface area contributed by atoms with Crippen LogP contribution in [0.1, 0.15) is 50.8 Å². The number of fused-ring (bicyclic) bond motifs is 1. The molecule has 0 amide bonds. The number of rotatable bonds is 5. The monoisotopic (exact) mass is 420 g/mol. The predicted octanol–water partition coefficient (Wildman–Crippen LogP) is 6.10. The number of benzene rings is 1. The molecule has 4 nitrogen and oxygen atoms in total. The fourth-order valence-corrected chi connectivity index (χ4v) is 3.64. The number of anilines is 2. The van der Waals surface area contributed by atoms with E-state index in [1.165, 1.54) is 18.3 Å². The Morgan fingerprint density at radius 1 is 1.23 bits per heavy atom. The van der Waals surface area contributed by atoms with Crippen molar-refractivity contribution in [1.29, 1.82) is 0 Å². The molecule has 0 unspecified atom stereocenters. The lowest BCUT2D eigenvalue weighted by atomic mass is 9.88. The number of aromatic nitrogens is 1. The van der Waals surface area contributed by atoms with E-state index in [2.05, 4.69) is 47.3 Å². The number of hydrogen-bond acceptors (Lipinski definition) is 4. The van der Waals surface area contributed by atoms with Crippen LogP contribution in [0.25, 0.3) is 5.57 Å². The smallest absolute Gasteiger partial charge is 0.362 e. The van der Waals surface area contributed by atoms with E-state index in [0.717, 1.165) is 42.1 Å². The van der Waals surface area contributed by atoms with Gasteiger partial charge in [0.05, 0.1) is 17.3 Å². The van der Waals surface area contributed by atoms with Gasteiger partial charge in [-0.1, -0.05) is 13.0 Å². The molecule has 0 fully saturated rings. The van der Waals surface area contributed by atoms with Crippen LogP contribution >= 0.6 is 0 Å². The highest BCUT2D eigenvalue weighted by atomic mass is 19.4. The van der Waals surface area contributed by atoms with Crippen molar-refractivity contribution in [3.63, 3.8) is 0 Å². The van der Waals surface area contributed by atoms with E-state index in [1.807, 2.05) is 6.92 Å². The summed E-state index contributed by atoms with van der Waals surface area (Å²) >= 11 is 0. The Bertz CT molecular complexity index is 976. The second-order valence-corrected chi connectivity index (χ2v) is 7.82. The van der Waals surface area contributed by atoms with E-state index in [4.69, 9.17) is 0 Å². The first-order valence-corrected chi connectivity index (χ1v) is 9.66. The lowest BCUT2D eigenvalue weighted by Crippen LogP contribution is -2.45. The Morgan fingerprint density at radius 2 is 1.97 bits per heavy atom. The summed E-state index contributed by atoms with van der Waals surface area (Å²) in [5.74, 6) is -0.296. The van der Waals surface area contributed by atoms with Crippen molar-refractivity contribution in [3.8, 4) is 0 Å². The molecule has 1 aromatic carbocycles. The largest absolute Gasteiger partial charge is 0.417 e. The number of alkyl halides is 3. The van der Waals surface area contributed by atoms with Gasteiger partial charge in [0.1, 0.15) is 11.6 Å². The van der Waals surface area contributed by atoms with Crippen molar-refractivity contribution in [2.75, 3.05) is 16.9 Å². The molecule has 1 N–H and O–H groups in total. The molecule has 8 heteroatoms. The highest BCUT2D eigenvalue weighted by Crippen LogP contribution is 2.40. The summed E-state index contributed by atoms with van der Waals surface area (Å²) in [5, 5.41) is 3.93. The van der Waals surface area contributed by atoms with Gasteiger partial charge in [0.25, 0.3) is 0 Å². The highest BCUT2D eigenvalue weighted by Gasteiger charge is 2.32. The topological polar surface area (TPSA) is 40.5 Å². The Morgan fingerprint density at radius 3 is 2.57 bits per heavy atom. The van der Waals surface area contributed by atoms with Crippen molar-refractivity contribution in [2.24, 2.45) is 5.10 Å². The second kappa shape index (κ2) is 8.08. The number of nitrogens with zero attached hydrogens (tertiary/aromatic N) is 3. The van der Waals surface area contributed by atoms with E-state index in [0.29, 0.717) is 0 Å². The van der Waals surface area contributed by atoms with Crippen LogP contribution in [-0.2, 0) is 6.18 Å². The Labute approximate surface area is 173 Å². The molecule has 1 aromatic heterocycles. The van der Waals surface area contributed by atoms with Crippen LogP contribution in [0.15, 0.2) is 41.6 Å². The number of allylic oxidation sites excluding steroid dienone is 1. The van der Waals surface area contributed by atoms with Crippen LogP contribution in [0.4, 0.5) is 29.1 Å². The van der Waals surface area contributed by atoms with E-state index in [9.17, 15) is 17.6 Å². The maximum absolute atomic E-state index is 14.8. The molecule has 0 atom stereocenters. The second-order valence-electron chi connectivity index (χ2n) is 7.82. The van der Waals surface area contributed by atoms with Crippen molar-refractivity contribution in [2.45, 2.75) is 45.8 Å². The van der Waals surface area contributed by atoms with E-state index >= 15 is 0 Å². The molecule has 30 heavy (non-hydrogen) atoms. The van der Waals surface area contributed by atoms with E-state index in [1.54, 1.807) is 6.07 Å². The van der Waals surface area contributed by atoms with Gasteiger partial charge in [0, 0.05) is 29.6 Å². The van der Waals surface area contributed by atoms with Gasteiger partial charge in [0.2, 0.25) is 0 Å². The van der Waals surface area contributed by atoms with Crippen molar-refractivity contribution in [3.05, 3.63) is 59.0 Å². The minimum atomic E-state index is -4.45. The SMILES string of the molecule is CCCN1c2cc(F)c(/C=N/Nc3ccc(C(F)(F)F)cn3)cc2C(C)=CC1(C)C. The molecule has 160 valence electrons. The van der Waals surface area contributed by atoms with Crippen molar-refractivity contribution in [1.82, 2.24) is 4.98 Å². The Hall–Kier alpha value is -2.90. The predicted molar refractivity (Wildman–Crippen MR) is 112 cm³/mol. The van der Waals surface area contributed by atoms with Gasteiger partial charge in [-0.05, 0) is 57.0 Å². The molecular weight excluding hydrogens is 396 g/mol. The van der Waals surface area contributed by atoms with Crippen LogP contribution in [0.5, 0.6) is 0 Å². The molecule has 1 aliphatic rings. The van der Waals surface area contributed by atoms with Gasteiger partial charge in [-0.2, -0.15) is 18.3 Å². The molecule has 3 rings (SSSR count). The first-order valence-electron chi connectivity index (χ1n) is 9.66. The molecule has 0 bridgehead atoms. The third-order valence-corrected chi connectivity index (χ3v) is 5.02. The summed E-state index contributed by atoms with van der Waals surface area (Å²) in [4.78, 5) is 5.86. The summed E-state index contributed by atoms with van der Waals surface area (Å²) < 4.78 is 52.5. The Kier molecular flexibility index (Phi) is 5.87. The maximum atomic E-state index is 14.8. The third-order valence-electron chi connectivity index (χ3n) is 5.02. The van der Waals surface area contributed by atoms with Crippen LogP contribution in [0, 0.1) is 5.82 Å². The van der Waals surface area contributed by atoms with E-state index in [-0.39, 0.29) is 16.9 Å². The summed E-state index contributed by atoms with van der Waals surface area (Å²) in [6.45, 7) is 9.08. The lowest BCUT2D eigenvalue weighted by Gasteiger charge is -2.43. The Balaban J connectivity index is 1.84. The lowest BCUT2D eigenvalue weighted by molar-refractivity contribution is -0.137. The minimum absolute atomic E-state index is 0.129. The van der Waals surface area contributed by atoms with Crippen molar-refractivity contribution >= 4 is 23.3 Å². The molecule has 1 aliphatic heterocycles. The van der Waals surface area contributed by atoms with E-state index < -0.39 is 17.6 Å². The van der Waals surface area contributed by atoms with Gasteiger partial charge in [-0.15, -0.1) is 0 Å². The fourth-order valence-electron chi connectivity index (χ4n) is 3.64. The van der Waals surface area contributed by atoms with Gasteiger partial charge in [0.15, 0.2) is 0 Å². The number of pyridine rings is 1. The minimum Gasteiger partial charge on any atom is -0.362 e. The number of hydrogen-bond donors (Lipinski definition) is 1.